The van der Waals surface area contributed by atoms with Crippen molar-refractivity contribution in [2.75, 3.05) is 6.61 Å². The molecule has 35 heavy (non-hydrogen) atoms. The van der Waals surface area contributed by atoms with E-state index in [-0.39, 0.29) is 17.6 Å². The standard InChI is InChI=1S/C26H26F2N6O/c1-13-14(2)30-26-24(29-13)23(18-7-6-17(27)11-19(18)28)31-25(32-26)16-8-9-35-22(10-16)21-12-20(15-4-5-15)33-34(21)3/h6-7,11-12,15-16,22H,4-5,8-10H2,1-3H3/t16-,22+/m0/s1. The molecule has 0 N–H and O–H groups in total. The van der Waals surface area contributed by atoms with Crippen molar-refractivity contribution in [2.24, 2.45) is 7.05 Å². The smallest absolute Gasteiger partial charge is 0.182 e. The van der Waals surface area contributed by atoms with Gasteiger partial charge in [0.2, 0.25) is 0 Å². The molecule has 2 aliphatic rings. The number of rotatable bonds is 4. The first-order chi connectivity index (χ1) is 16.9. The summed E-state index contributed by atoms with van der Waals surface area (Å²) in [7, 11) is 1.96. The van der Waals surface area contributed by atoms with Crippen LogP contribution >= 0.6 is 0 Å². The lowest BCUT2D eigenvalue weighted by atomic mass is 9.92. The molecule has 0 radical (unpaired) electrons. The first kappa shape index (κ1) is 22.2. The van der Waals surface area contributed by atoms with Crippen molar-refractivity contribution < 1.29 is 13.5 Å². The molecule has 4 aromatic rings. The number of benzene rings is 1. The maximum atomic E-state index is 14.8. The average Bonchev–Trinajstić information content (AvgIpc) is 3.61. The van der Waals surface area contributed by atoms with E-state index in [0.29, 0.717) is 47.3 Å². The maximum Gasteiger partial charge on any atom is 0.182 e. The van der Waals surface area contributed by atoms with Gasteiger partial charge in [0.05, 0.1) is 28.9 Å². The Kier molecular flexibility index (Phi) is 5.32. The Morgan fingerprint density at radius 2 is 1.74 bits per heavy atom. The van der Waals surface area contributed by atoms with Crippen LogP contribution in [0.25, 0.3) is 22.4 Å². The Morgan fingerprint density at radius 1 is 0.943 bits per heavy atom. The molecular formula is C26H26F2N6O. The second-order valence-electron chi connectivity index (χ2n) is 9.59. The lowest BCUT2D eigenvalue weighted by Crippen LogP contribution is -2.22. The van der Waals surface area contributed by atoms with Crippen LogP contribution in [0.3, 0.4) is 0 Å². The van der Waals surface area contributed by atoms with Crippen molar-refractivity contribution in [3.63, 3.8) is 0 Å². The monoisotopic (exact) mass is 476 g/mol. The summed E-state index contributed by atoms with van der Waals surface area (Å²) < 4.78 is 36.5. The van der Waals surface area contributed by atoms with Gasteiger partial charge in [-0.25, -0.2) is 28.7 Å². The molecule has 0 bridgehead atoms. The number of halogens is 2. The second-order valence-corrected chi connectivity index (χ2v) is 9.59. The summed E-state index contributed by atoms with van der Waals surface area (Å²) in [4.78, 5) is 18.8. The molecule has 4 heterocycles. The maximum absolute atomic E-state index is 14.8. The van der Waals surface area contributed by atoms with E-state index >= 15 is 0 Å². The van der Waals surface area contributed by atoms with Gasteiger partial charge < -0.3 is 4.74 Å². The summed E-state index contributed by atoms with van der Waals surface area (Å²) in [6, 6.07) is 5.64. The predicted octanol–water partition coefficient (Wildman–Crippen LogP) is 5.23. The summed E-state index contributed by atoms with van der Waals surface area (Å²) in [5.41, 5.74) is 4.98. The largest absolute Gasteiger partial charge is 0.372 e. The highest BCUT2D eigenvalue weighted by Gasteiger charge is 2.33. The Bertz CT molecular complexity index is 1450. The van der Waals surface area contributed by atoms with Gasteiger partial charge in [-0.2, -0.15) is 5.10 Å². The number of hydrogen-bond acceptors (Lipinski definition) is 6. The van der Waals surface area contributed by atoms with E-state index in [1.54, 1.807) is 0 Å². The molecular weight excluding hydrogens is 450 g/mol. The zero-order valence-corrected chi connectivity index (χ0v) is 19.9. The summed E-state index contributed by atoms with van der Waals surface area (Å²) in [5.74, 6) is -0.202. The summed E-state index contributed by atoms with van der Waals surface area (Å²) in [6.07, 6.45) is 3.67. The van der Waals surface area contributed by atoms with Gasteiger partial charge in [0.15, 0.2) is 5.65 Å². The van der Waals surface area contributed by atoms with Gasteiger partial charge in [0, 0.05) is 37.1 Å². The van der Waals surface area contributed by atoms with Crippen LogP contribution in [0, 0.1) is 25.5 Å². The zero-order chi connectivity index (χ0) is 24.3. The normalized spacial score (nSPS) is 20.5. The Hall–Kier alpha value is -3.33. The molecule has 3 aromatic heterocycles. The fourth-order valence-corrected chi connectivity index (χ4v) is 4.80. The fraction of sp³-hybridized carbons (Fsp3) is 0.423. The second kappa shape index (κ2) is 8.41. The van der Waals surface area contributed by atoms with Crippen LogP contribution in [0.1, 0.15) is 72.2 Å². The van der Waals surface area contributed by atoms with Crippen molar-refractivity contribution in [1.29, 1.82) is 0 Å². The molecule has 9 heteroatoms. The van der Waals surface area contributed by atoms with Gasteiger partial charge >= 0.3 is 0 Å². The lowest BCUT2D eigenvalue weighted by molar-refractivity contribution is -0.000640. The van der Waals surface area contributed by atoms with Crippen LogP contribution in [0.4, 0.5) is 8.78 Å². The molecule has 1 aliphatic carbocycles. The van der Waals surface area contributed by atoms with Crippen LogP contribution in [0.15, 0.2) is 24.3 Å². The van der Waals surface area contributed by atoms with E-state index in [1.807, 2.05) is 25.6 Å². The average molecular weight is 477 g/mol. The quantitative estimate of drug-likeness (QED) is 0.401. The van der Waals surface area contributed by atoms with E-state index in [1.165, 1.54) is 25.0 Å². The van der Waals surface area contributed by atoms with E-state index in [0.717, 1.165) is 29.6 Å². The first-order valence-electron chi connectivity index (χ1n) is 12.0. The molecule has 1 saturated heterocycles. The Balaban J connectivity index is 1.42. The number of hydrogen-bond donors (Lipinski definition) is 0. The Morgan fingerprint density at radius 3 is 2.51 bits per heavy atom. The number of aryl methyl sites for hydroxylation is 3. The molecule has 0 amide bonds. The third-order valence-electron chi connectivity index (χ3n) is 7.06. The summed E-state index contributed by atoms with van der Waals surface area (Å²) in [5, 5.41) is 4.69. The van der Waals surface area contributed by atoms with Crippen molar-refractivity contribution >= 4 is 11.2 Å². The van der Waals surface area contributed by atoms with Crippen molar-refractivity contribution in [2.45, 2.75) is 57.5 Å². The molecule has 0 unspecified atom stereocenters. The third-order valence-corrected chi connectivity index (χ3v) is 7.06. The highest BCUT2D eigenvalue weighted by Crippen LogP contribution is 2.42. The van der Waals surface area contributed by atoms with Crippen molar-refractivity contribution in [1.82, 2.24) is 29.7 Å². The molecule has 1 aliphatic heterocycles. The SMILES string of the molecule is Cc1nc2nc([C@H]3CCO[C@@H](c4cc(C5CC5)nn4C)C3)nc(-c3ccc(F)cc3F)c2nc1C. The van der Waals surface area contributed by atoms with E-state index in [2.05, 4.69) is 21.1 Å². The van der Waals surface area contributed by atoms with Gasteiger partial charge in [-0.15, -0.1) is 0 Å². The molecule has 1 aromatic carbocycles. The van der Waals surface area contributed by atoms with Gasteiger partial charge in [-0.1, -0.05) is 0 Å². The minimum absolute atomic E-state index is 0.0110. The van der Waals surface area contributed by atoms with Crippen molar-refractivity contribution in [3.8, 4) is 11.3 Å². The molecule has 6 rings (SSSR count). The molecule has 2 atom stereocenters. The molecule has 1 saturated carbocycles. The topological polar surface area (TPSA) is 78.6 Å². The van der Waals surface area contributed by atoms with Gasteiger partial charge in [0.25, 0.3) is 0 Å². The highest BCUT2D eigenvalue weighted by molar-refractivity contribution is 5.87. The van der Waals surface area contributed by atoms with Crippen LogP contribution in [-0.4, -0.2) is 36.3 Å². The molecule has 0 spiro atoms. The lowest BCUT2D eigenvalue weighted by Gasteiger charge is -2.29. The predicted molar refractivity (Wildman–Crippen MR) is 126 cm³/mol. The number of nitrogens with zero attached hydrogens (tertiary/aromatic N) is 6. The van der Waals surface area contributed by atoms with Crippen LogP contribution in [0.5, 0.6) is 0 Å². The number of fused-ring (bicyclic) bond motifs is 1. The van der Waals surface area contributed by atoms with Crippen LogP contribution in [-0.2, 0) is 11.8 Å². The molecule has 7 nitrogen and oxygen atoms in total. The van der Waals surface area contributed by atoms with E-state index in [9.17, 15) is 8.78 Å². The zero-order valence-electron chi connectivity index (χ0n) is 19.9. The molecule has 2 fully saturated rings. The van der Waals surface area contributed by atoms with Crippen LogP contribution in [0.2, 0.25) is 0 Å². The third kappa shape index (κ3) is 4.07. The Labute approximate surface area is 201 Å². The van der Waals surface area contributed by atoms with Crippen molar-refractivity contribution in [3.05, 3.63) is 64.5 Å². The highest BCUT2D eigenvalue weighted by atomic mass is 19.1. The van der Waals surface area contributed by atoms with Crippen LogP contribution < -0.4 is 0 Å². The number of ether oxygens (including phenoxy) is 1. The summed E-state index contributed by atoms with van der Waals surface area (Å²) in [6.45, 7) is 4.26. The van der Waals surface area contributed by atoms with Gasteiger partial charge in [-0.3, -0.25) is 4.68 Å². The fourth-order valence-electron chi connectivity index (χ4n) is 4.80. The van der Waals surface area contributed by atoms with E-state index in [4.69, 9.17) is 14.7 Å². The molecule has 180 valence electrons. The first-order valence-corrected chi connectivity index (χ1v) is 12.0. The van der Waals surface area contributed by atoms with Gasteiger partial charge in [-0.05, 0) is 57.7 Å². The minimum Gasteiger partial charge on any atom is -0.372 e. The van der Waals surface area contributed by atoms with Gasteiger partial charge in [0.1, 0.15) is 28.7 Å². The number of aromatic nitrogens is 6. The minimum atomic E-state index is -0.691. The summed E-state index contributed by atoms with van der Waals surface area (Å²) >= 11 is 0. The van der Waals surface area contributed by atoms with E-state index < -0.39 is 11.6 Å².